The highest BCUT2D eigenvalue weighted by Crippen LogP contribution is 2.26. The van der Waals surface area contributed by atoms with Crippen LogP contribution in [0.3, 0.4) is 0 Å². The lowest BCUT2D eigenvalue weighted by Gasteiger charge is -2.11. The third-order valence-corrected chi connectivity index (χ3v) is 1.97. The van der Waals surface area contributed by atoms with Crippen molar-refractivity contribution in [3.05, 3.63) is 29.3 Å². The Morgan fingerprint density at radius 1 is 1.38 bits per heavy atom. The summed E-state index contributed by atoms with van der Waals surface area (Å²) < 4.78 is 39.6. The van der Waals surface area contributed by atoms with Crippen LogP contribution < -0.4 is 4.74 Å². The Balaban J connectivity index is 2.97. The first-order chi connectivity index (χ1) is 7.46. The van der Waals surface area contributed by atoms with Crippen LogP contribution in [0.4, 0.5) is 13.2 Å². The molecule has 2 nitrogen and oxygen atoms in total. The summed E-state index contributed by atoms with van der Waals surface area (Å²) in [6.07, 6.45) is -2.84. The number of ether oxygens (including phenoxy) is 1. The first-order valence-corrected chi connectivity index (χ1v) is 4.80. The van der Waals surface area contributed by atoms with Gasteiger partial charge in [0.1, 0.15) is 5.75 Å². The van der Waals surface area contributed by atoms with Crippen LogP contribution in [0.15, 0.2) is 18.2 Å². The molecule has 0 saturated heterocycles. The van der Waals surface area contributed by atoms with Gasteiger partial charge >= 0.3 is 6.36 Å². The summed E-state index contributed by atoms with van der Waals surface area (Å²) >= 11 is 0. The summed E-state index contributed by atoms with van der Waals surface area (Å²) in [6.45, 7) is 1.95. The van der Waals surface area contributed by atoms with E-state index in [0.29, 0.717) is 12.7 Å². The maximum atomic E-state index is 12.0. The van der Waals surface area contributed by atoms with E-state index in [2.05, 4.69) is 4.74 Å². The van der Waals surface area contributed by atoms with Crippen LogP contribution in [0.1, 0.15) is 29.3 Å². The Labute approximate surface area is 91.0 Å². The van der Waals surface area contributed by atoms with Gasteiger partial charge in [0.05, 0.1) is 5.56 Å². The molecule has 0 heterocycles. The maximum absolute atomic E-state index is 12.0. The number of aldehydes is 1. The van der Waals surface area contributed by atoms with Crippen molar-refractivity contribution in [1.82, 2.24) is 0 Å². The Morgan fingerprint density at radius 2 is 2.06 bits per heavy atom. The molecule has 0 spiro atoms. The Kier molecular flexibility index (Phi) is 3.93. The van der Waals surface area contributed by atoms with Crippen molar-refractivity contribution < 1.29 is 22.7 Å². The lowest BCUT2D eigenvalue weighted by atomic mass is 10.1. The summed E-state index contributed by atoms with van der Waals surface area (Å²) in [5.74, 6) is -0.456. The van der Waals surface area contributed by atoms with Crippen molar-refractivity contribution in [2.75, 3.05) is 0 Å². The maximum Gasteiger partial charge on any atom is 0.573 e. The van der Waals surface area contributed by atoms with Crippen molar-refractivity contribution >= 4 is 6.29 Å². The summed E-state index contributed by atoms with van der Waals surface area (Å²) in [4.78, 5) is 10.6. The van der Waals surface area contributed by atoms with E-state index < -0.39 is 12.1 Å². The van der Waals surface area contributed by atoms with E-state index in [9.17, 15) is 18.0 Å². The molecule has 16 heavy (non-hydrogen) atoms. The topological polar surface area (TPSA) is 26.3 Å². The van der Waals surface area contributed by atoms with Crippen molar-refractivity contribution in [1.29, 1.82) is 0 Å². The SMILES string of the molecule is CCCc1ccc(OC(F)(F)F)c(C=O)c1. The van der Waals surface area contributed by atoms with Gasteiger partial charge in [-0.05, 0) is 24.1 Å². The normalized spacial score (nSPS) is 11.2. The van der Waals surface area contributed by atoms with E-state index >= 15 is 0 Å². The molecule has 0 bridgehead atoms. The highest BCUT2D eigenvalue weighted by molar-refractivity contribution is 5.79. The molecule has 0 aliphatic rings. The number of alkyl halides is 3. The Bertz CT molecular complexity index is 372. The molecule has 0 fully saturated rings. The molecule has 0 aromatic heterocycles. The molecule has 0 amide bonds. The average Bonchev–Trinajstić information content (AvgIpc) is 2.18. The second-order valence-corrected chi connectivity index (χ2v) is 3.29. The molecule has 0 radical (unpaired) electrons. The van der Waals surface area contributed by atoms with Crippen LogP contribution in [-0.2, 0) is 6.42 Å². The van der Waals surface area contributed by atoms with Gasteiger partial charge in [-0.15, -0.1) is 13.2 Å². The fourth-order valence-corrected chi connectivity index (χ4v) is 1.35. The van der Waals surface area contributed by atoms with Crippen LogP contribution in [0, 0.1) is 0 Å². The molecule has 0 unspecified atom stereocenters. The van der Waals surface area contributed by atoms with Gasteiger partial charge in [-0.2, -0.15) is 0 Å². The molecule has 88 valence electrons. The Morgan fingerprint density at radius 3 is 2.56 bits per heavy atom. The smallest absolute Gasteiger partial charge is 0.405 e. The van der Waals surface area contributed by atoms with Gasteiger partial charge in [0.2, 0.25) is 0 Å². The van der Waals surface area contributed by atoms with Gasteiger partial charge in [-0.25, -0.2) is 0 Å². The highest BCUT2D eigenvalue weighted by atomic mass is 19.4. The number of benzene rings is 1. The summed E-state index contributed by atoms with van der Waals surface area (Å²) in [5, 5.41) is 0. The van der Waals surface area contributed by atoms with Crippen molar-refractivity contribution in [3.8, 4) is 5.75 Å². The second-order valence-electron chi connectivity index (χ2n) is 3.29. The lowest BCUT2D eigenvalue weighted by Crippen LogP contribution is -2.18. The average molecular weight is 232 g/mol. The minimum Gasteiger partial charge on any atom is -0.405 e. The molecule has 0 aliphatic heterocycles. The predicted molar refractivity (Wildman–Crippen MR) is 52.5 cm³/mol. The van der Waals surface area contributed by atoms with E-state index in [1.807, 2.05) is 6.92 Å². The lowest BCUT2D eigenvalue weighted by molar-refractivity contribution is -0.274. The minimum atomic E-state index is -4.77. The zero-order valence-electron chi connectivity index (χ0n) is 8.67. The summed E-state index contributed by atoms with van der Waals surface area (Å²) in [6, 6.07) is 4.11. The fourth-order valence-electron chi connectivity index (χ4n) is 1.35. The van der Waals surface area contributed by atoms with E-state index in [-0.39, 0.29) is 5.56 Å². The largest absolute Gasteiger partial charge is 0.573 e. The van der Waals surface area contributed by atoms with E-state index in [0.717, 1.165) is 12.0 Å². The molecule has 5 heteroatoms. The summed E-state index contributed by atoms with van der Waals surface area (Å²) in [5.41, 5.74) is 0.738. The number of rotatable bonds is 4. The number of carbonyl (C=O) groups excluding carboxylic acids is 1. The van der Waals surface area contributed by atoms with Crippen LogP contribution in [0.25, 0.3) is 0 Å². The van der Waals surface area contributed by atoms with Crippen LogP contribution in [-0.4, -0.2) is 12.6 Å². The first kappa shape index (κ1) is 12.5. The van der Waals surface area contributed by atoms with E-state index in [1.54, 1.807) is 0 Å². The van der Waals surface area contributed by atoms with Gasteiger partial charge in [0.25, 0.3) is 0 Å². The highest BCUT2D eigenvalue weighted by Gasteiger charge is 2.32. The standard InChI is InChI=1S/C11H11F3O2/c1-2-3-8-4-5-10(9(6-8)7-15)16-11(12,13)14/h4-7H,2-3H2,1H3. The summed E-state index contributed by atoms with van der Waals surface area (Å²) in [7, 11) is 0. The van der Waals surface area contributed by atoms with Gasteiger partial charge in [0, 0.05) is 0 Å². The quantitative estimate of drug-likeness (QED) is 0.744. The minimum absolute atomic E-state index is 0.0803. The zero-order valence-corrected chi connectivity index (χ0v) is 8.67. The van der Waals surface area contributed by atoms with Crippen LogP contribution in [0.2, 0.25) is 0 Å². The number of hydrogen-bond acceptors (Lipinski definition) is 2. The zero-order chi connectivity index (χ0) is 12.2. The van der Waals surface area contributed by atoms with Crippen molar-refractivity contribution in [3.63, 3.8) is 0 Å². The molecule has 0 N–H and O–H groups in total. The van der Waals surface area contributed by atoms with E-state index in [1.165, 1.54) is 18.2 Å². The monoisotopic (exact) mass is 232 g/mol. The number of carbonyl (C=O) groups is 1. The van der Waals surface area contributed by atoms with Crippen LogP contribution in [0.5, 0.6) is 5.75 Å². The molecule has 0 aliphatic carbocycles. The number of halogens is 3. The van der Waals surface area contributed by atoms with Crippen molar-refractivity contribution in [2.24, 2.45) is 0 Å². The molecule has 1 rings (SSSR count). The Hall–Kier alpha value is -1.52. The molecule has 0 saturated carbocycles. The van der Waals surface area contributed by atoms with Crippen LogP contribution >= 0.6 is 0 Å². The van der Waals surface area contributed by atoms with Gasteiger partial charge in [0.15, 0.2) is 6.29 Å². The van der Waals surface area contributed by atoms with Crippen molar-refractivity contribution in [2.45, 2.75) is 26.1 Å². The third-order valence-electron chi connectivity index (χ3n) is 1.97. The molecular weight excluding hydrogens is 221 g/mol. The second kappa shape index (κ2) is 5.01. The fraction of sp³-hybridized carbons (Fsp3) is 0.364. The van der Waals surface area contributed by atoms with Gasteiger partial charge < -0.3 is 4.74 Å². The molecule has 1 aromatic carbocycles. The van der Waals surface area contributed by atoms with Gasteiger partial charge in [-0.1, -0.05) is 19.4 Å². The number of aryl methyl sites for hydroxylation is 1. The number of hydrogen-bond donors (Lipinski definition) is 0. The molecular formula is C11H11F3O2. The predicted octanol–water partition coefficient (Wildman–Crippen LogP) is 3.35. The third kappa shape index (κ3) is 3.56. The first-order valence-electron chi connectivity index (χ1n) is 4.80. The molecule has 0 atom stereocenters. The van der Waals surface area contributed by atoms with Gasteiger partial charge in [-0.3, -0.25) is 4.79 Å². The van der Waals surface area contributed by atoms with E-state index in [4.69, 9.17) is 0 Å². The molecule has 1 aromatic rings.